The Hall–Kier alpha value is -1.14. The van der Waals surface area contributed by atoms with Crippen LogP contribution in [0, 0.1) is 0 Å². The zero-order chi connectivity index (χ0) is 15.7. The Morgan fingerprint density at radius 2 is 1.95 bits per heavy atom. The minimum absolute atomic E-state index is 0.115. The van der Waals surface area contributed by atoms with Gasteiger partial charge < -0.3 is 5.32 Å². The van der Waals surface area contributed by atoms with E-state index in [4.69, 9.17) is 0 Å². The van der Waals surface area contributed by atoms with Gasteiger partial charge in [0.2, 0.25) is 5.91 Å². The number of hydrogen-bond acceptors (Lipinski definition) is 3. The first-order chi connectivity index (χ1) is 9.65. The first-order valence-corrected chi connectivity index (χ1v) is 7.67. The minimum atomic E-state index is -2.80. The molecule has 1 aromatic carbocycles. The van der Waals surface area contributed by atoms with Gasteiger partial charge >= 0.3 is 0 Å². The summed E-state index contributed by atoms with van der Waals surface area (Å²) in [5, 5.41) is 5.21. The molecule has 21 heavy (non-hydrogen) atoms. The molecule has 2 N–H and O–H groups in total. The van der Waals surface area contributed by atoms with E-state index in [0.29, 0.717) is 5.69 Å². The van der Waals surface area contributed by atoms with Crippen LogP contribution in [0.4, 0.5) is 14.5 Å². The SMILES string of the molecule is CC(C)(C)Sc1ccc(NC(=O)C2CC(F)(F)CN2)cc1. The third kappa shape index (κ3) is 4.97. The Balaban J connectivity index is 1.93. The van der Waals surface area contributed by atoms with Crippen molar-refractivity contribution in [3.05, 3.63) is 24.3 Å². The summed E-state index contributed by atoms with van der Waals surface area (Å²) in [6.45, 7) is 5.93. The summed E-state index contributed by atoms with van der Waals surface area (Å²) >= 11 is 1.73. The molecule has 0 radical (unpaired) electrons. The second-order valence-electron chi connectivity index (χ2n) is 6.22. The Bertz CT molecular complexity index is 511. The van der Waals surface area contributed by atoms with Gasteiger partial charge in [0.1, 0.15) is 0 Å². The van der Waals surface area contributed by atoms with Crippen molar-refractivity contribution in [3.8, 4) is 0 Å². The predicted molar refractivity (Wildman–Crippen MR) is 82.0 cm³/mol. The van der Waals surface area contributed by atoms with Gasteiger partial charge in [0.25, 0.3) is 5.92 Å². The molecule has 1 aromatic rings. The molecular weight excluding hydrogens is 294 g/mol. The summed E-state index contributed by atoms with van der Waals surface area (Å²) in [7, 11) is 0. The molecule has 1 saturated heterocycles. The van der Waals surface area contributed by atoms with Crippen LogP contribution in [0.1, 0.15) is 27.2 Å². The number of benzene rings is 1. The monoisotopic (exact) mass is 314 g/mol. The van der Waals surface area contributed by atoms with Crippen LogP contribution in [-0.2, 0) is 4.79 Å². The average Bonchev–Trinajstić information content (AvgIpc) is 2.70. The zero-order valence-electron chi connectivity index (χ0n) is 12.4. The van der Waals surface area contributed by atoms with E-state index in [1.54, 1.807) is 23.9 Å². The van der Waals surface area contributed by atoms with Crippen molar-refractivity contribution >= 4 is 23.4 Å². The van der Waals surface area contributed by atoms with Crippen LogP contribution in [-0.4, -0.2) is 29.2 Å². The number of carbonyl (C=O) groups is 1. The number of anilines is 1. The highest BCUT2D eigenvalue weighted by atomic mass is 32.2. The molecule has 0 bridgehead atoms. The topological polar surface area (TPSA) is 41.1 Å². The standard InChI is InChI=1S/C15H20F2N2OS/c1-14(2,3)21-11-6-4-10(5-7-11)19-13(20)12-8-15(16,17)9-18-12/h4-7,12,18H,8-9H2,1-3H3,(H,19,20). The van der Waals surface area contributed by atoms with Crippen LogP contribution >= 0.6 is 11.8 Å². The minimum Gasteiger partial charge on any atom is -0.325 e. The maximum absolute atomic E-state index is 13.1. The molecule has 1 aliphatic rings. The van der Waals surface area contributed by atoms with Gasteiger partial charge in [-0.05, 0) is 24.3 Å². The molecule has 1 fully saturated rings. The molecule has 0 spiro atoms. The van der Waals surface area contributed by atoms with Crippen LogP contribution in [0.2, 0.25) is 0 Å². The van der Waals surface area contributed by atoms with Gasteiger partial charge in [0.05, 0.1) is 12.6 Å². The lowest BCUT2D eigenvalue weighted by Gasteiger charge is -2.17. The van der Waals surface area contributed by atoms with E-state index in [1.165, 1.54) is 0 Å². The summed E-state index contributed by atoms with van der Waals surface area (Å²) in [6, 6.07) is 6.59. The van der Waals surface area contributed by atoms with Crippen LogP contribution < -0.4 is 10.6 Å². The van der Waals surface area contributed by atoms with Crippen molar-refractivity contribution in [2.75, 3.05) is 11.9 Å². The maximum atomic E-state index is 13.1. The molecule has 1 amide bonds. The fourth-order valence-electron chi connectivity index (χ4n) is 2.09. The van der Waals surface area contributed by atoms with Gasteiger partial charge in [-0.25, -0.2) is 8.78 Å². The van der Waals surface area contributed by atoms with Crippen molar-refractivity contribution in [1.82, 2.24) is 5.32 Å². The van der Waals surface area contributed by atoms with E-state index >= 15 is 0 Å². The lowest BCUT2D eigenvalue weighted by molar-refractivity contribution is -0.118. The van der Waals surface area contributed by atoms with E-state index in [2.05, 4.69) is 31.4 Å². The Morgan fingerprint density at radius 3 is 2.43 bits per heavy atom. The number of amides is 1. The number of nitrogens with one attached hydrogen (secondary N) is 2. The Labute approximate surface area is 127 Å². The lowest BCUT2D eigenvalue weighted by Crippen LogP contribution is -2.35. The van der Waals surface area contributed by atoms with E-state index < -0.39 is 30.8 Å². The maximum Gasteiger partial charge on any atom is 0.262 e. The van der Waals surface area contributed by atoms with Crippen molar-refractivity contribution < 1.29 is 13.6 Å². The first-order valence-electron chi connectivity index (χ1n) is 6.86. The van der Waals surface area contributed by atoms with Crippen LogP contribution in [0.5, 0.6) is 0 Å². The van der Waals surface area contributed by atoms with Gasteiger partial charge in [-0.15, -0.1) is 11.8 Å². The summed E-state index contributed by atoms with van der Waals surface area (Å²) in [5.74, 6) is -3.21. The molecule has 1 heterocycles. The number of halogens is 2. The van der Waals surface area contributed by atoms with Gasteiger partial charge in [0.15, 0.2) is 0 Å². The first kappa shape index (κ1) is 16.2. The number of thioether (sulfide) groups is 1. The number of carbonyl (C=O) groups excluding carboxylic acids is 1. The summed E-state index contributed by atoms with van der Waals surface area (Å²) in [4.78, 5) is 13.0. The number of hydrogen-bond donors (Lipinski definition) is 2. The molecule has 1 unspecified atom stereocenters. The summed E-state index contributed by atoms with van der Waals surface area (Å²) in [5.41, 5.74) is 0.621. The third-order valence-electron chi connectivity index (χ3n) is 2.97. The predicted octanol–water partition coefficient (Wildman–Crippen LogP) is 3.51. The molecule has 0 aromatic heterocycles. The highest BCUT2D eigenvalue weighted by molar-refractivity contribution is 8.00. The van der Waals surface area contributed by atoms with Gasteiger partial charge in [-0.3, -0.25) is 10.1 Å². The molecule has 0 saturated carbocycles. The second kappa shape index (κ2) is 5.93. The molecule has 3 nitrogen and oxygen atoms in total. The zero-order valence-corrected chi connectivity index (χ0v) is 13.2. The smallest absolute Gasteiger partial charge is 0.262 e. The van der Waals surface area contributed by atoms with Gasteiger partial charge in [0, 0.05) is 21.8 Å². The number of alkyl halides is 2. The summed E-state index contributed by atoms with van der Waals surface area (Å²) < 4.78 is 26.2. The fraction of sp³-hybridized carbons (Fsp3) is 0.533. The molecule has 0 aliphatic carbocycles. The normalized spacial score (nSPS) is 21.3. The third-order valence-corrected chi connectivity index (χ3v) is 4.09. The Kier molecular flexibility index (Phi) is 4.58. The van der Waals surface area contributed by atoms with E-state index in [9.17, 15) is 13.6 Å². The lowest BCUT2D eigenvalue weighted by atomic mass is 10.2. The van der Waals surface area contributed by atoms with Crippen molar-refractivity contribution in [3.63, 3.8) is 0 Å². The molecular formula is C15H20F2N2OS. The fourth-order valence-corrected chi connectivity index (χ4v) is 3.07. The highest BCUT2D eigenvalue weighted by Crippen LogP contribution is 2.32. The van der Waals surface area contributed by atoms with Crippen LogP contribution in [0.3, 0.4) is 0 Å². The van der Waals surface area contributed by atoms with E-state index in [-0.39, 0.29) is 4.75 Å². The molecule has 6 heteroatoms. The number of rotatable bonds is 3. The Morgan fingerprint density at radius 1 is 1.33 bits per heavy atom. The van der Waals surface area contributed by atoms with Gasteiger partial charge in [-0.1, -0.05) is 20.8 Å². The van der Waals surface area contributed by atoms with Crippen molar-refractivity contribution in [2.24, 2.45) is 0 Å². The van der Waals surface area contributed by atoms with Crippen molar-refractivity contribution in [2.45, 2.75) is 48.8 Å². The molecule has 2 rings (SSSR count). The van der Waals surface area contributed by atoms with Crippen LogP contribution in [0.25, 0.3) is 0 Å². The van der Waals surface area contributed by atoms with Crippen LogP contribution in [0.15, 0.2) is 29.2 Å². The molecule has 1 atom stereocenters. The van der Waals surface area contributed by atoms with E-state index in [0.717, 1.165) is 4.90 Å². The average molecular weight is 314 g/mol. The van der Waals surface area contributed by atoms with E-state index in [1.807, 2.05) is 12.1 Å². The quantitative estimate of drug-likeness (QED) is 0.839. The molecule has 1 aliphatic heterocycles. The molecule has 116 valence electrons. The summed E-state index contributed by atoms with van der Waals surface area (Å²) in [6.07, 6.45) is -0.448. The van der Waals surface area contributed by atoms with Gasteiger partial charge in [-0.2, -0.15) is 0 Å². The second-order valence-corrected chi connectivity index (χ2v) is 8.12. The largest absolute Gasteiger partial charge is 0.325 e. The highest BCUT2D eigenvalue weighted by Gasteiger charge is 2.42. The van der Waals surface area contributed by atoms with Crippen molar-refractivity contribution in [1.29, 1.82) is 0 Å².